The number of carbonyl (C=O) groups is 1. The molecule has 0 aliphatic carbocycles. The van der Waals surface area contributed by atoms with Gasteiger partial charge in [-0.3, -0.25) is 9.47 Å². The van der Waals surface area contributed by atoms with E-state index in [0.29, 0.717) is 0 Å². The van der Waals surface area contributed by atoms with Gasteiger partial charge in [0.15, 0.2) is 11.6 Å². The fourth-order valence-electron chi connectivity index (χ4n) is 2.72. The van der Waals surface area contributed by atoms with E-state index in [2.05, 4.69) is 0 Å². The highest BCUT2D eigenvalue weighted by atomic mass is 19.2. The van der Waals surface area contributed by atoms with Gasteiger partial charge in [-0.05, 0) is 19.4 Å². The number of benzene rings is 1. The molecule has 0 saturated heterocycles. The number of rotatable bonds is 1. The Morgan fingerprint density at radius 2 is 2.10 bits per heavy atom. The first kappa shape index (κ1) is 13.5. The molecule has 5 nitrogen and oxygen atoms in total. The SMILES string of the molecule is CC1Cc2c(F)c(F)cc3c(=O)c(C(=O)O)cn(c23)N1C. The van der Waals surface area contributed by atoms with E-state index in [1.807, 2.05) is 0 Å². The summed E-state index contributed by atoms with van der Waals surface area (Å²) in [6.45, 7) is 1.80. The minimum atomic E-state index is -1.40. The molecular formula is C14H12F2N2O3. The summed E-state index contributed by atoms with van der Waals surface area (Å²) in [7, 11) is 1.70. The van der Waals surface area contributed by atoms with Crippen molar-refractivity contribution in [2.24, 2.45) is 0 Å². The van der Waals surface area contributed by atoms with Crippen molar-refractivity contribution in [1.82, 2.24) is 4.68 Å². The second-order valence-corrected chi connectivity index (χ2v) is 5.20. The zero-order valence-corrected chi connectivity index (χ0v) is 11.4. The number of pyridine rings is 1. The lowest BCUT2D eigenvalue weighted by atomic mass is 9.98. The van der Waals surface area contributed by atoms with Crippen LogP contribution in [0.25, 0.3) is 10.9 Å². The molecule has 1 aromatic carbocycles. The third-order valence-electron chi connectivity index (χ3n) is 3.96. The van der Waals surface area contributed by atoms with Crippen molar-refractivity contribution in [3.05, 3.63) is 45.2 Å². The molecule has 1 aromatic heterocycles. The fourth-order valence-corrected chi connectivity index (χ4v) is 2.72. The summed E-state index contributed by atoms with van der Waals surface area (Å²) in [6, 6.07) is 0.602. The first-order valence-electron chi connectivity index (χ1n) is 6.35. The summed E-state index contributed by atoms with van der Waals surface area (Å²) < 4.78 is 29.1. The molecule has 0 fully saturated rings. The van der Waals surface area contributed by atoms with E-state index >= 15 is 0 Å². The van der Waals surface area contributed by atoms with Gasteiger partial charge in [0, 0.05) is 24.8 Å². The highest BCUT2D eigenvalue weighted by molar-refractivity contribution is 5.94. The number of hydrogen-bond acceptors (Lipinski definition) is 3. The number of halogens is 2. The first-order chi connectivity index (χ1) is 9.82. The molecule has 7 heteroatoms. The van der Waals surface area contributed by atoms with Crippen LogP contribution in [0.2, 0.25) is 0 Å². The molecule has 0 amide bonds. The predicted octanol–water partition coefficient (Wildman–Crippen LogP) is 1.49. The Morgan fingerprint density at radius 3 is 2.71 bits per heavy atom. The third kappa shape index (κ3) is 1.73. The van der Waals surface area contributed by atoms with Gasteiger partial charge in [-0.25, -0.2) is 13.6 Å². The van der Waals surface area contributed by atoms with E-state index < -0.39 is 28.6 Å². The van der Waals surface area contributed by atoms with Crippen LogP contribution in [0.15, 0.2) is 17.1 Å². The van der Waals surface area contributed by atoms with Crippen LogP contribution in [-0.4, -0.2) is 28.8 Å². The van der Waals surface area contributed by atoms with Crippen molar-refractivity contribution < 1.29 is 18.7 Å². The molecule has 1 atom stereocenters. The highest BCUT2D eigenvalue weighted by Crippen LogP contribution is 2.28. The maximum absolute atomic E-state index is 14.0. The van der Waals surface area contributed by atoms with Gasteiger partial charge in [0.05, 0.1) is 10.9 Å². The molecule has 110 valence electrons. The number of hydrogen-bond donors (Lipinski definition) is 1. The number of carboxylic acids is 1. The molecule has 2 aromatic rings. The van der Waals surface area contributed by atoms with E-state index in [4.69, 9.17) is 5.11 Å². The quantitative estimate of drug-likeness (QED) is 0.865. The smallest absolute Gasteiger partial charge is 0.341 e. The molecule has 21 heavy (non-hydrogen) atoms. The third-order valence-corrected chi connectivity index (χ3v) is 3.96. The summed E-state index contributed by atoms with van der Waals surface area (Å²) in [5.41, 5.74) is -0.952. The molecular weight excluding hydrogens is 282 g/mol. The molecule has 0 saturated carbocycles. The Hall–Kier alpha value is -2.44. The van der Waals surface area contributed by atoms with Gasteiger partial charge in [0.25, 0.3) is 0 Å². The van der Waals surface area contributed by atoms with Crippen molar-refractivity contribution in [2.75, 3.05) is 12.1 Å². The lowest BCUT2D eigenvalue weighted by Gasteiger charge is -2.36. The van der Waals surface area contributed by atoms with Crippen LogP contribution in [0.1, 0.15) is 22.8 Å². The van der Waals surface area contributed by atoms with Crippen LogP contribution in [-0.2, 0) is 6.42 Å². The second-order valence-electron chi connectivity index (χ2n) is 5.20. The first-order valence-corrected chi connectivity index (χ1v) is 6.35. The molecule has 0 bridgehead atoms. The number of aromatic carboxylic acids is 1. The monoisotopic (exact) mass is 294 g/mol. The molecule has 0 radical (unpaired) electrons. The maximum Gasteiger partial charge on any atom is 0.341 e. The number of nitrogens with zero attached hydrogens (tertiary/aromatic N) is 2. The van der Waals surface area contributed by atoms with Crippen LogP contribution in [0.5, 0.6) is 0 Å². The van der Waals surface area contributed by atoms with E-state index in [-0.39, 0.29) is 28.9 Å². The van der Waals surface area contributed by atoms with Gasteiger partial charge in [-0.2, -0.15) is 0 Å². The maximum atomic E-state index is 14.0. The Labute approximate surface area is 118 Å². The summed E-state index contributed by atoms with van der Waals surface area (Å²) >= 11 is 0. The Bertz CT molecular complexity index is 844. The zero-order valence-electron chi connectivity index (χ0n) is 11.4. The Balaban J connectivity index is 2.56. The van der Waals surface area contributed by atoms with Gasteiger partial charge < -0.3 is 10.1 Å². The van der Waals surface area contributed by atoms with Crippen LogP contribution in [0.4, 0.5) is 8.78 Å². The highest BCUT2D eigenvalue weighted by Gasteiger charge is 2.28. The average Bonchev–Trinajstić information content (AvgIpc) is 2.42. The van der Waals surface area contributed by atoms with E-state index in [1.165, 1.54) is 4.68 Å². The predicted molar refractivity (Wildman–Crippen MR) is 72.4 cm³/mol. The Kier molecular flexibility index (Phi) is 2.76. The molecule has 1 aliphatic heterocycles. The number of likely N-dealkylation sites (N-methyl/N-ethyl adjacent to an activating group) is 1. The van der Waals surface area contributed by atoms with Gasteiger partial charge in [-0.15, -0.1) is 0 Å². The van der Waals surface area contributed by atoms with E-state index in [9.17, 15) is 18.4 Å². The van der Waals surface area contributed by atoms with E-state index in [1.54, 1.807) is 19.0 Å². The molecule has 0 spiro atoms. The molecule has 1 N–H and O–H groups in total. The lowest BCUT2D eigenvalue weighted by molar-refractivity contribution is 0.0694. The van der Waals surface area contributed by atoms with Crippen LogP contribution < -0.4 is 10.4 Å². The van der Waals surface area contributed by atoms with E-state index in [0.717, 1.165) is 12.3 Å². The van der Waals surface area contributed by atoms with Crippen LogP contribution >= 0.6 is 0 Å². The summed E-state index contributed by atoms with van der Waals surface area (Å²) in [5, 5.41) is 10.7. The van der Waals surface area contributed by atoms with Gasteiger partial charge >= 0.3 is 5.97 Å². The van der Waals surface area contributed by atoms with Crippen LogP contribution in [0, 0.1) is 11.6 Å². The molecule has 2 heterocycles. The molecule has 3 rings (SSSR count). The summed E-state index contributed by atoms with van der Waals surface area (Å²) in [4.78, 5) is 23.3. The Morgan fingerprint density at radius 1 is 1.43 bits per heavy atom. The fraction of sp³-hybridized carbons (Fsp3) is 0.286. The van der Waals surface area contributed by atoms with Crippen LogP contribution in [0.3, 0.4) is 0 Å². The van der Waals surface area contributed by atoms with Crippen molar-refractivity contribution >= 4 is 16.9 Å². The largest absolute Gasteiger partial charge is 0.477 e. The minimum absolute atomic E-state index is 0.102. The second kappa shape index (κ2) is 4.28. The summed E-state index contributed by atoms with van der Waals surface area (Å²) in [5.74, 6) is -3.53. The van der Waals surface area contributed by atoms with Gasteiger partial charge in [0.2, 0.25) is 5.43 Å². The van der Waals surface area contributed by atoms with Gasteiger partial charge in [-0.1, -0.05) is 0 Å². The van der Waals surface area contributed by atoms with Crippen molar-refractivity contribution in [1.29, 1.82) is 0 Å². The van der Waals surface area contributed by atoms with Gasteiger partial charge in [0.1, 0.15) is 5.56 Å². The minimum Gasteiger partial charge on any atom is -0.477 e. The van der Waals surface area contributed by atoms with Crippen molar-refractivity contribution in [2.45, 2.75) is 19.4 Å². The van der Waals surface area contributed by atoms with Crippen molar-refractivity contribution in [3.8, 4) is 0 Å². The van der Waals surface area contributed by atoms with Crippen molar-refractivity contribution in [3.63, 3.8) is 0 Å². The number of carboxylic acid groups (broad SMARTS) is 1. The normalized spacial score (nSPS) is 17.3. The standard InChI is InChI=1S/C14H12F2N2O3/c1-6-3-7-11(16)10(15)4-8-12(7)18(17(6)2)5-9(13(8)19)14(20)21/h4-6H,3H2,1-2H3,(H,20,21). The lowest BCUT2D eigenvalue weighted by Crippen LogP contribution is -2.45. The number of aromatic nitrogens is 1. The molecule has 1 unspecified atom stereocenters. The molecule has 1 aliphatic rings. The topological polar surface area (TPSA) is 62.5 Å². The zero-order chi connectivity index (χ0) is 15.5. The average molecular weight is 294 g/mol. The summed E-state index contributed by atoms with van der Waals surface area (Å²) in [6.07, 6.45) is 1.39.